The summed E-state index contributed by atoms with van der Waals surface area (Å²) in [6, 6.07) is 13.4. The van der Waals surface area contributed by atoms with Crippen LogP contribution in [0.1, 0.15) is 18.9 Å². The van der Waals surface area contributed by atoms with Crippen molar-refractivity contribution in [1.29, 1.82) is 0 Å². The summed E-state index contributed by atoms with van der Waals surface area (Å²) in [5, 5.41) is 24.2. The van der Waals surface area contributed by atoms with E-state index in [2.05, 4.69) is 20.6 Å². The third-order valence-electron chi connectivity index (χ3n) is 5.31. The number of nitrogens with one attached hydrogen (secondary N) is 2. The van der Waals surface area contributed by atoms with E-state index >= 15 is 0 Å². The zero-order chi connectivity index (χ0) is 23.5. The van der Waals surface area contributed by atoms with Crippen molar-refractivity contribution in [2.75, 3.05) is 11.9 Å². The Morgan fingerprint density at radius 1 is 1.15 bits per heavy atom. The van der Waals surface area contributed by atoms with Crippen molar-refractivity contribution < 1.29 is 13.9 Å². The van der Waals surface area contributed by atoms with E-state index in [9.17, 15) is 18.7 Å². The van der Waals surface area contributed by atoms with Crippen LogP contribution >= 0.6 is 0 Å². The maximum atomic E-state index is 14.7. The summed E-state index contributed by atoms with van der Waals surface area (Å²) >= 11 is 0. The van der Waals surface area contributed by atoms with Crippen molar-refractivity contribution in [3.05, 3.63) is 82.1 Å². The van der Waals surface area contributed by atoms with Gasteiger partial charge in [0.25, 0.3) is 5.56 Å². The fourth-order valence-corrected chi connectivity index (χ4v) is 3.60. The molecule has 0 bridgehead atoms. The maximum Gasteiger partial charge on any atom is 0.271 e. The molecule has 1 atom stereocenters. The molecule has 0 radical (unpaired) electrons. The van der Waals surface area contributed by atoms with Crippen molar-refractivity contribution in [1.82, 2.24) is 20.0 Å². The lowest BCUT2D eigenvalue weighted by molar-refractivity contribution is 0.282. The molecule has 4 rings (SSSR count). The summed E-state index contributed by atoms with van der Waals surface area (Å²) in [7, 11) is 0. The molecule has 0 aliphatic carbocycles. The zero-order valence-electron chi connectivity index (χ0n) is 18.1. The topological polar surface area (TPSA) is 95.8 Å². The molecular weight excluding hydrogens is 428 g/mol. The Hall–Kier alpha value is -3.85. The average Bonchev–Trinajstić information content (AvgIpc) is 3.18. The van der Waals surface area contributed by atoms with Gasteiger partial charge in [-0.2, -0.15) is 14.9 Å². The molecule has 170 valence electrons. The van der Waals surface area contributed by atoms with Gasteiger partial charge in [0.15, 0.2) is 0 Å². The number of aliphatic hydroxyl groups excluding tert-OH is 1. The minimum absolute atomic E-state index is 0.0203. The number of benzene rings is 2. The molecule has 9 heteroatoms. The number of hydrogen-bond acceptors (Lipinski definition) is 5. The van der Waals surface area contributed by atoms with Gasteiger partial charge >= 0.3 is 0 Å². The number of rotatable bonds is 7. The van der Waals surface area contributed by atoms with Crippen LogP contribution in [0, 0.1) is 18.6 Å². The predicted molar refractivity (Wildman–Crippen MR) is 122 cm³/mol. The lowest BCUT2D eigenvalue weighted by Gasteiger charge is -2.15. The normalized spacial score (nSPS) is 12.0. The van der Waals surface area contributed by atoms with E-state index in [0.29, 0.717) is 29.2 Å². The van der Waals surface area contributed by atoms with E-state index in [1.165, 1.54) is 22.9 Å². The van der Waals surface area contributed by atoms with Gasteiger partial charge < -0.3 is 10.4 Å². The molecule has 2 aromatic heterocycles. The highest BCUT2D eigenvalue weighted by atomic mass is 19.1. The molecular formula is C24H23F2N5O2. The van der Waals surface area contributed by atoms with Crippen molar-refractivity contribution in [3.8, 4) is 28.2 Å². The molecule has 0 spiro atoms. The summed E-state index contributed by atoms with van der Waals surface area (Å²) in [6.45, 7) is 3.73. The van der Waals surface area contributed by atoms with Crippen LogP contribution in [-0.2, 0) is 0 Å². The number of halogens is 2. The Morgan fingerprint density at radius 2 is 1.94 bits per heavy atom. The quantitative estimate of drug-likeness (QED) is 0.394. The van der Waals surface area contributed by atoms with Crippen molar-refractivity contribution >= 4 is 5.82 Å². The highest BCUT2D eigenvalue weighted by Crippen LogP contribution is 2.36. The van der Waals surface area contributed by atoms with Crippen LogP contribution in [-0.4, -0.2) is 37.7 Å². The van der Waals surface area contributed by atoms with Crippen LogP contribution in [0.25, 0.3) is 28.2 Å². The first kappa shape index (κ1) is 22.3. The number of aromatic nitrogens is 4. The van der Waals surface area contributed by atoms with Crippen LogP contribution < -0.4 is 10.9 Å². The molecule has 7 nitrogen and oxygen atoms in total. The number of aromatic amines is 1. The first-order valence-electron chi connectivity index (χ1n) is 10.5. The van der Waals surface area contributed by atoms with Gasteiger partial charge in [-0.1, -0.05) is 18.2 Å². The molecule has 0 saturated carbocycles. The van der Waals surface area contributed by atoms with E-state index in [0.717, 1.165) is 17.7 Å². The monoisotopic (exact) mass is 451 g/mol. The first-order chi connectivity index (χ1) is 15.9. The second-order valence-electron chi connectivity index (χ2n) is 7.76. The molecule has 0 fully saturated rings. The highest BCUT2D eigenvalue weighted by Gasteiger charge is 2.23. The van der Waals surface area contributed by atoms with Gasteiger partial charge in [-0.25, -0.2) is 8.78 Å². The van der Waals surface area contributed by atoms with Crippen LogP contribution in [0.15, 0.2) is 59.4 Å². The number of para-hydroxylation sites is 1. The third kappa shape index (κ3) is 4.54. The standard InChI is InChI=1S/C24H23F2N5O2/c1-14-5-3-4-6-20(14)31-21(33)10-9-19(30-31)22-23(17-8-7-16(25)13-18(17)26)28-29-24(22)27-15(2)11-12-32/h3-10,13,15,32H,11-12H2,1-2H3,(H2,27,28,29). The Labute approximate surface area is 188 Å². The van der Waals surface area contributed by atoms with E-state index in [4.69, 9.17) is 0 Å². The Bertz CT molecular complexity index is 1350. The minimum atomic E-state index is -0.773. The minimum Gasteiger partial charge on any atom is -0.396 e. The molecule has 3 N–H and O–H groups in total. The summed E-state index contributed by atoms with van der Waals surface area (Å²) in [5.74, 6) is -1.03. The number of aliphatic hydroxyl groups is 1. The highest BCUT2D eigenvalue weighted by molar-refractivity contribution is 5.87. The number of aryl methyl sites for hydroxylation is 1. The molecule has 0 saturated heterocycles. The largest absolute Gasteiger partial charge is 0.396 e. The zero-order valence-corrected chi connectivity index (χ0v) is 18.1. The number of anilines is 1. The van der Waals surface area contributed by atoms with E-state index < -0.39 is 11.6 Å². The van der Waals surface area contributed by atoms with E-state index in [1.54, 1.807) is 6.07 Å². The fraction of sp³-hybridized carbons (Fsp3) is 0.208. The van der Waals surface area contributed by atoms with Gasteiger partial charge in [0.1, 0.15) is 23.1 Å². The van der Waals surface area contributed by atoms with Crippen molar-refractivity contribution in [2.24, 2.45) is 0 Å². The molecule has 2 aromatic carbocycles. The number of H-pyrrole nitrogens is 1. The number of nitrogens with zero attached hydrogens (tertiary/aromatic N) is 3. The summed E-state index contributed by atoms with van der Waals surface area (Å²) < 4.78 is 29.5. The van der Waals surface area contributed by atoms with E-state index in [1.807, 2.05) is 32.0 Å². The second kappa shape index (κ2) is 9.33. The molecule has 0 aliphatic rings. The second-order valence-corrected chi connectivity index (χ2v) is 7.76. The predicted octanol–water partition coefficient (Wildman–Crippen LogP) is 4.06. The summed E-state index contributed by atoms with van der Waals surface area (Å²) in [5.41, 5.74) is 2.24. The third-order valence-corrected chi connectivity index (χ3v) is 5.31. The van der Waals surface area contributed by atoms with Crippen LogP contribution in [0.3, 0.4) is 0 Å². The summed E-state index contributed by atoms with van der Waals surface area (Å²) in [4.78, 5) is 12.6. The molecule has 1 unspecified atom stereocenters. The Balaban J connectivity index is 1.92. The lowest BCUT2D eigenvalue weighted by atomic mass is 10.0. The van der Waals surface area contributed by atoms with Crippen molar-refractivity contribution in [2.45, 2.75) is 26.3 Å². The van der Waals surface area contributed by atoms with Crippen molar-refractivity contribution in [3.63, 3.8) is 0 Å². The van der Waals surface area contributed by atoms with E-state index in [-0.39, 0.29) is 29.5 Å². The Morgan fingerprint density at radius 3 is 2.67 bits per heavy atom. The first-order valence-corrected chi connectivity index (χ1v) is 10.5. The molecule has 0 aliphatic heterocycles. The van der Waals surface area contributed by atoms with Gasteiger partial charge in [0.05, 0.1) is 16.9 Å². The Kier molecular flexibility index (Phi) is 6.32. The van der Waals surface area contributed by atoms with Gasteiger partial charge in [0, 0.05) is 30.3 Å². The maximum absolute atomic E-state index is 14.7. The van der Waals surface area contributed by atoms with Crippen LogP contribution in [0.5, 0.6) is 0 Å². The van der Waals surface area contributed by atoms with Crippen LogP contribution in [0.4, 0.5) is 14.6 Å². The molecule has 2 heterocycles. The van der Waals surface area contributed by atoms with Crippen LogP contribution in [0.2, 0.25) is 0 Å². The lowest BCUT2D eigenvalue weighted by Crippen LogP contribution is -2.21. The van der Waals surface area contributed by atoms with Gasteiger partial charge in [-0.15, -0.1) is 0 Å². The van der Waals surface area contributed by atoms with Gasteiger partial charge in [0.2, 0.25) is 0 Å². The molecule has 0 amide bonds. The molecule has 4 aromatic rings. The average molecular weight is 451 g/mol. The molecule has 33 heavy (non-hydrogen) atoms. The van der Waals surface area contributed by atoms with Gasteiger partial charge in [-0.3, -0.25) is 9.89 Å². The SMILES string of the molecule is Cc1ccccc1-n1nc(-c2c(-c3ccc(F)cc3F)n[nH]c2NC(C)CCO)ccc1=O. The number of hydrogen-bond donors (Lipinski definition) is 3. The smallest absolute Gasteiger partial charge is 0.271 e. The summed E-state index contributed by atoms with van der Waals surface area (Å²) in [6.07, 6.45) is 0.467. The van der Waals surface area contributed by atoms with Gasteiger partial charge in [-0.05, 0) is 50.1 Å². The fourth-order valence-electron chi connectivity index (χ4n) is 3.60.